The number of carbonyl (C=O) groups is 9. The molecule has 0 spiro atoms. The van der Waals surface area contributed by atoms with Gasteiger partial charge in [-0.15, -0.1) is 0 Å². The van der Waals surface area contributed by atoms with E-state index in [-0.39, 0.29) is 97.0 Å². The lowest BCUT2D eigenvalue weighted by atomic mass is 9.94. The predicted octanol–water partition coefficient (Wildman–Crippen LogP) is 1.20. The van der Waals surface area contributed by atoms with E-state index in [1.165, 1.54) is 37.0 Å². The number of likely N-dealkylation sites (tertiary alicyclic amines) is 1. The molecule has 22 nitrogen and oxygen atoms in total. The van der Waals surface area contributed by atoms with Crippen LogP contribution in [0.5, 0.6) is 0 Å². The van der Waals surface area contributed by atoms with Crippen molar-refractivity contribution in [3.05, 3.63) is 60.2 Å². The monoisotopic (exact) mass is 1010 g/mol. The van der Waals surface area contributed by atoms with Crippen molar-refractivity contribution < 1.29 is 56.3 Å². The number of hydrogen-bond acceptors (Lipinski definition) is 13. The van der Waals surface area contributed by atoms with Gasteiger partial charge in [-0.25, -0.2) is 17.9 Å². The number of piperidine rings is 1. The molecular formula is C48H72N10O12S. The minimum atomic E-state index is -4.46. The number of primary amides is 1. The summed E-state index contributed by atoms with van der Waals surface area (Å²) in [5.41, 5.74) is 5.54. The Balaban J connectivity index is 1.67. The van der Waals surface area contributed by atoms with Crippen LogP contribution in [0.15, 0.2) is 65.1 Å². The molecule has 0 bridgehead atoms. The summed E-state index contributed by atoms with van der Waals surface area (Å²) in [6, 6.07) is -0.272. The molecule has 6 atom stereocenters. The molecule has 0 unspecified atom stereocenters. The first-order valence-electron chi connectivity index (χ1n) is 23.7. The lowest BCUT2D eigenvalue weighted by Gasteiger charge is -2.36. The van der Waals surface area contributed by atoms with Crippen LogP contribution in [0, 0.1) is 11.8 Å². The second kappa shape index (κ2) is 27.8. The number of amides is 10. The Labute approximate surface area is 416 Å². The van der Waals surface area contributed by atoms with Gasteiger partial charge in [-0.1, -0.05) is 53.2 Å². The van der Waals surface area contributed by atoms with Gasteiger partial charge >= 0.3 is 6.03 Å². The molecule has 2 aliphatic heterocycles. The minimum absolute atomic E-state index is 0.00645. The smallest absolute Gasteiger partial charge is 0.312 e. The fourth-order valence-corrected chi connectivity index (χ4v) is 8.78. The van der Waals surface area contributed by atoms with Crippen LogP contribution in [0.3, 0.4) is 0 Å². The van der Waals surface area contributed by atoms with Crippen molar-refractivity contribution in [3.63, 3.8) is 0 Å². The van der Waals surface area contributed by atoms with Crippen LogP contribution in [0.4, 0.5) is 10.5 Å². The summed E-state index contributed by atoms with van der Waals surface area (Å²) in [6.07, 6.45) is 6.99. The van der Waals surface area contributed by atoms with Crippen LogP contribution >= 0.6 is 0 Å². The van der Waals surface area contributed by atoms with Crippen molar-refractivity contribution in [3.8, 4) is 0 Å². The molecule has 1 saturated heterocycles. The van der Waals surface area contributed by atoms with Gasteiger partial charge in [-0.3, -0.25) is 48.2 Å². The first kappa shape index (κ1) is 58.9. The molecule has 23 heteroatoms. The summed E-state index contributed by atoms with van der Waals surface area (Å²) >= 11 is 0. The van der Waals surface area contributed by atoms with Gasteiger partial charge in [0.2, 0.25) is 29.5 Å². The lowest BCUT2D eigenvalue weighted by molar-refractivity contribution is -0.140. The number of rotatable bonds is 27. The first-order chi connectivity index (χ1) is 33.4. The van der Waals surface area contributed by atoms with Crippen LogP contribution in [0.1, 0.15) is 86.5 Å². The van der Waals surface area contributed by atoms with Gasteiger partial charge in [0.15, 0.2) is 0 Å². The lowest BCUT2D eigenvalue weighted by Crippen LogP contribution is -2.57. The van der Waals surface area contributed by atoms with Gasteiger partial charge in [-0.2, -0.15) is 0 Å². The number of hydrogen-bond donors (Lipinski definition) is 7. The predicted molar refractivity (Wildman–Crippen MR) is 264 cm³/mol. The Kier molecular flexibility index (Phi) is 23.0. The Hall–Kier alpha value is -6.46. The molecule has 71 heavy (non-hydrogen) atoms. The maximum absolute atomic E-state index is 14.1. The van der Waals surface area contributed by atoms with Crippen LogP contribution in [-0.2, 0) is 53.1 Å². The summed E-state index contributed by atoms with van der Waals surface area (Å²) < 4.78 is 34.4. The highest BCUT2D eigenvalue weighted by Gasteiger charge is 2.36. The Morgan fingerprint density at radius 1 is 0.944 bits per heavy atom. The number of nitrogens with zero attached hydrogens (tertiary/aromatic N) is 3. The number of nitrogens with two attached hydrogens (primary N) is 1. The SMILES string of the molecule is C=C(C)[C@H](NC(=O)CCOCCN1C(=O)C=CC1=O)C(=O)N[C@@H](CCCNC(N)=O)C(=O)Nc1ccc(S(=O)(=O)NC(=O)/C(C)=C/[C@H](C(C)C)N(C)C(=O)[C@@H](NC(=O)[C@H]2CCCCN2C)[C@@H](C)CC)cc1. The third-order valence-corrected chi connectivity index (χ3v) is 13.6. The van der Waals surface area contributed by atoms with Gasteiger partial charge in [0.25, 0.3) is 27.7 Å². The number of sulfonamides is 1. The van der Waals surface area contributed by atoms with Crippen molar-refractivity contribution in [2.75, 3.05) is 52.3 Å². The van der Waals surface area contributed by atoms with E-state index in [9.17, 15) is 51.6 Å². The Bertz CT molecular complexity index is 2280. The summed E-state index contributed by atoms with van der Waals surface area (Å²) in [4.78, 5) is 120. The molecule has 3 rings (SSSR count). The van der Waals surface area contributed by atoms with Crippen LogP contribution < -0.4 is 37.0 Å². The average Bonchev–Trinajstić information content (AvgIpc) is 3.63. The van der Waals surface area contributed by atoms with Gasteiger partial charge in [0.1, 0.15) is 18.1 Å². The second-order valence-corrected chi connectivity index (χ2v) is 19.9. The molecule has 0 saturated carbocycles. The molecule has 2 heterocycles. The first-order valence-corrected chi connectivity index (χ1v) is 25.2. The van der Waals surface area contributed by atoms with Gasteiger partial charge < -0.3 is 42.0 Å². The number of anilines is 1. The number of carbonyl (C=O) groups excluding carboxylic acids is 9. The molecule has 0 radical (unpaired) electrons. The molecule has 392 valence electrons. The molecule has 1 aromatic carbocycles. The molecule has 1 fully saturated rings. The van der Waals surface area contributed by atoms with E-state index in [0.717, 1.165) is 48.6 Å². The summed E-state index contributed by atoms with van der Waals surface area (Å²) in [6.45, 7) is 15.0. The molecular weight excluding hydrogens is 941 g/mol. The summed E-state index contributed by atoms with van der Waals surface area (Å²) in [5.74, 6) is -4.95. The highest BCUT2D eigenvalue weighted by Crippen LogP contribution is 2.21. The zero-order valence-corrected chi connectivity index (χ0v) is 42.8. The second-order valence-electron chi connectivity index (χ2n) is 18.2. The average molecular weight is 1010 g/mol. The van der Waals surface area contributed by atoms with Gasteiger partial charge in [0.05, 0.1) is 36.7 Å². The number of imide groups is 1. The zero-order valence-electron chi connectivity index (χ0n) is 42.0. The molecule has 10 amide bonds. The molecule has 2 aliphatic rings. The van der Waals surface area contributed by atoms with Crippen molar-refractivity contribution >= 4 is 69.0 Å². The zero-order chi connectivity index (χ0) is 53.2. The van der Waals surface area contributed by atoms with Crippen molar-refractivity contribution in [1.29, 1.82) is 0 Å². The minimum Gasteiger partial charge on any atom is -0.379 e. The number of benzene rings is 1. The Morgan fingerprint density at radius 3 is 2.17 bits per heavy atom. The third-order valence-electron chi connectivity index (χ3n) is 12.3. The fraction of sp³-hybridized carbons (Fsp3) is 0.562. The molecule has 0 aromatic heterocycles. The van der Waals surface area contributed by atoms with E-state index < -0.39 is 75.7 Å². The van der Waals surface area contributed by atoms with E-state index in [4.69, 9.17) is 10.5 Å². The van der Waals surface area contributed by atoms with E-state index in [1.54, 1.807) is 7.05 Å². The fourth-order valence-electron chi connectivity index (χ4n) is 7.76. The van der Waals surface area contributed by atoms with Crippen molar-refractivity contribution in [2.45, 2.75) is 122 Å². The van der Waals surface area contributed by atoms with Gasteiger partial charge in [-0.05, 0) is 94.8 Å². The highest BCUT2D eigenvalue weighted by atomic mass is 32.2. The number of likely N-dealkylation sites (N-methyl/N-ethyl adjacent to an activating group) is 2. The topological polar surface area (TPSA) is 305 Å². The molecule has 0 aliphatic carbocycles. The quantitative estimate of drug-likeness (QED) is 0.0283. The van der Waals surface area contributed by atoms with Crippen molar-refractivity contribution in [1.82, 2.24) is 40.7 Å². The summed E-state index contributed by atoms with van der Waals surface area (Å²) in [5, 5.41) is 13.2. The number of urea groups is 1. The molecule has 8 N–H and O–H groups in total. The van der Waals surface area contributed by atoms with E-state index in [2.05, 4.69) is 37.9 Å². The van der Waals surface area contributed by atoms with Crippen LogP contribution in [-0.4, -0.2) is 154 Å². The Morgan fingerprint density at radius 2 is 1.59 bits per heavy atom. The van der Waals surface area contributed by atoms with Crippen LogP contribution in [0.25, 0.3) is 0 Å². The van der Waals surface area contributed by atoms with Crippen LogP contribution in [0.2, 0.25) is 0 Å². The van der Waals surface area contributed by atoms with E-state index >= 15 is 0 Å². The maximum atomic E-state index is 14.1. The van der Waals surface area contributed by atoms with E-state index in [0.29, 0.717) is 12.8 Å². The maximum Gasteiger partial charge on any atom is 0.312 e. The molecule has 1 aromatic rings. The van der Waals surface area contributed by atoms with Crippen molar-refractivity contribution in [2.24, 2.45) is 17.6 Å². The normalized spacial score (nSPS) is 17.3. The van der Waals surface area contributed by atoms with Gasteiger partial charge in [0, 0.05) is 43.4 Å². The number of nitrogens with one attached hydrogen (secondary N) is 6. The standard InChI is InChI=1S/C48H72N10O12S/c1-10-31(6)42(54-45(64)36-15-11-12-24-56(36)8)47(66)57(9)37(29(2)3)28-32(7)43(62)55-71(68,69)34-18-16-33(17-19-34)51-44(63)35(14-13-23-50-48(49)67)52-46(65)41(30(4)5)53-38(59)22-26-70-27-25-58-39(60)20-21-40(58)61/h16-21,28-29,31,35-37,41-42H,4,10-15,22-27H2,1-3,5-9H3,(H,51,63)(H,52,65)(H,53,59)(H,54,64)(H,55,62)(H3,49,50,67)/b32-28+/t31-,35-,36+,37+,41-,42-/m0/s1. The van der Waals surface area contributed by atoms with E-state index in [1.807, 2.05) is 39.6 Å². The third kappa shape index (κ3) is 18.0. The summed E-state index contributed by atoms with van der Waals surface area (Å²) in [7, 11) is -0.984. The largest absolute Gasteiger partial charge is 0.379 e. The highest BCUT2D eigenvalue weighted by molar-refractivity contribution is 7.90. The number of ether oxygens (including phenoxy) is 1.